The molecule has 0 radical (unpaired) electrons. The van der Waals surface area contributed by atoms with E-state index in [1.807, 2.05) is 0 Å². The molecule has 0 heterocycles. The summed E-state index contributed by atoms with van der Waals surface area (Å²) >= 11 is 8.66. The van der Waals surface area contributed by atoms with Crippen molar-refractivity contribution < 1.29 is 9.90 Å². The van der Waals surface area contributed by atoms with Gasteiger partial charge in [-0.15, -0.1) is 0 Å². The Bertz CT molecular complexity index is 139. The first-order valence-electron chi connectivity index (χ1n) is 4.15. The lowest BCUT2D eigenvalue weighted by Crippen LogP contribution is -2.14. The van der Waals surface area contributed by atoms with Crippen molar-refractivity contribution in [2.45, 2.75) is 43.1 Å². The highest BCUT2D eigenvalue weighted by molar-refractivity contribution is 7.85. The van der Waals surface area contributed by atoms with Gasteiger partial charge in [-0.05, 0) is 19.3 Å². The molecule has 0 aromatic heterocycles. The van der Waals surface area contributed by atoms with Crippen molar-refractivity contribution in [3.05, 3.63) is 0 Å². The van der Waals surface area contributed by atoms with Gasteiger partial charge in [0.25, 0.3) is 0 Å². The first-order valence-corrected chi connectivity index (χ1v) is 5.19. The largest absolute Gasteiger partial charge is 0.481 e. The monoisotopic (exact) mass is 208 g/mol. The van der Waals surface area contributed by atoms with Gasteiger partial charge in [-0.2, -0.15) is 25.3 Å². The fourth-order valence-corrected chi connectivity index (χ4v) is 1.47. The molecule has 0 saturated carbocycles. The molecule has 0 aliphatic heterocycles. The fourth-order valence-electron chi connectivity index (χ4n) is 0.927. The van der Waals surface area contributed by atoms with Gasteiger partial charge in [-0.25, -0.2) is 0 Å². The third-order valence-electron chi connectivity index (χ3n) is 1.75. The molecular weight excluding hydrogens is 192 g/mol. The Morgan fingerprint density at radius 1 is 1.42 bits per heavy atom. The summed E-state index contributed by atoms with van der Waals surface area (Å²) in [6.45, 7) is 2.05. The van der Waals surface area contributed by atoms with Gasteiger partial charge in [0.2, 0.25) is 0 Å². The fraction of sp³-hybridized carbons (Fsp3) is 0.875. The van der Waals surface area contributed by atoms with Crippen LogP contribution in [0.3, 0.4) is 0 Å². The van der Waals surface area contributed by atoms with E-state index < -0.39 is 5.97 Å². The van der Waals surface area contributed by atoms with E-state index in [1.54, 1.807) is 0 Å². The predicted molar refractivity (Wildman–Crippen MR) is 57.3 cm³/mol. The molecule has 2 atom stereocenters. The summed E-state index contributed by atoms with van der Waals surface area (Å²) in [7, 11) is 0. The topological polar surface area (TPSA) is 37.3 Å². The molecule has 0 fully saturated rings. The summed E-state index contributed by atoms with van der Waals surface area (Å²) in [5, 5.41) is 8.88. The van der Waals surface area contributed by atoms with Crippen LogP contribution in [0.2, 0.25) is 0 Å². The van der Waals surface area contributed by atoms with Gasteiger partial charge < -0.3 is 5.11 Å². The van der Waals surface area contributed by atoms with Crippen molar-refractivity contribution in [3.8, 4) is 0 Å². The molecule has 12 heavy (non-hydrogen) atoms. The second-order valence-corrected chi connectivity index (χ2v) is 4.16. The maximum Gasteiger partial charge on any atom is 0.303 e. The standard InChI is InChI=1S/C8H16O2S2/c1-2-6(11)7(12)4-3-5-8(9)10/h6-7,11-12H,2-5H2,1H3,(H,9,10). The van der Waals surface area contributed by atoms with Crippen LogP contribution in [0, 0.1) is 0 Å². The minimum atomic E-state index is -0.734. The third kappa shape index (κ3) is 5.77. The summed E-state index contributed by atoms with van der Waals surface area (Å²) in [6, 6.07) is 0. The van der Waals surface area contributed by atoms with Gasteiger partial charge >= 0.3 is 5.97 Å². The van der Waals surface area contributed by atoms with E-state index in [9.17, 15) is 4.79 Å². The van der Waals surface area contributed by atoms with Crippen LogP contribution in [0.5, 0.6) is 0 Å². The number of carboxylic acids is 1. The van der Waals surface area contributed by atoms with E-state index in [1.165, 1.54) is 0 Å². The molecule has 72 valence electrons. The van der Waals surface area contributed by atoms with Gasteiger partial charge in [-0.3, -0.25) is 4.79 Å². The molecule has 2 nitrogen and oxygen atoms in total. The second kappa shape index (κ2) is 6.66. The van der Waals surface area contributed by atoms with Crippen LogP contribution < -0.4 is 0 Å². The van der Waals surface area contributed by atoms with Crippen LogP contribution in [-0.2, 0) is 4.79 Å². The Kier molecular flexibility index (Phi) is 6.76. The minimum absolute atomic E-state index is 0.220. The first kappa shape index (κ1) is 12.2. The van der Waals surface area contributed by atoms with Gasteiger partial charge in [0.1, 0.15) is 0 Å². The number of hydrogen-bond acceptors (Lipinski definition) is 3. The molecule has 0 aliphatic carbocycles. The third-order valence-corrected chi connectivity index (χ3v) is 3.33. The van der Waals surface area contributed by atoms with Gasteiger partial charge in [0.05, 0.1) is 0 Å². The average Bonchev–Trinajstić information content (AvgIpc) is 2.02. The number of hydrogen-bond donors (Lipinski definition) is 3. The van der Waals surface area contributed by atoms with E-state index in [4.69, 9.17) is 5.11 Å². The molecule has 0 rings (SSSR count). The molecule has 0 bridgehead atoms. The zero-order valence-electron chi connectivity index (χ0n) is 7.23. The summed E-state index contributed by atoms with van der Waals surface area (Å²) in [5.74, 6) is -0.734. The van der Waals surface area contributed by atoms with Crippen LogP contribution in [0.1, 0.15) is 32.6 Å². The van der Waals surface area contributed by atoms with E-state index in [0.717, 1.165) is 12.8 Å². The Balaban J connectivity index is 3.43. The van der Waals surface area contributed by atoms with Crippen molar-refractivity contribution in [2.75, 3.05) is 0 Å². The maximum atomic E-state index is 10.2. The van der Waals surface area contributed by atoms with Crippen LogP contribution >= 0.6 is 25.3 Å². The van der Waals surface area contributed by atoms with E-state index in [-0.39, 0.29) is 16.9 Å². The molecule has 0 aliphatic rings. The highest BCUT2D eigenvalue weighted by Gasteiger charge is 2.11. The van der Waals surface area contributed by atoms with Crippen molar-refractivity contribution in [1.29, 1.82) is 0 Å². The quantitative estimate of drug-likeness (QED) is 0.586. The van der Waals surface area contributed by atoms with Gasteiger partial charge in [0, 0.05) is 16.9 Å². The number of rotatable bonds is 6. The van der Waals surface area contributed by atoms with Crippen molar-refractivity contribution in [3.63, 3.8) is 0 Å². The molecule has 1 N–H and O–H groups in total. The lowest BCUT2D eigenvalue weighted by atomic mass is 10.1. The highest BCUT2D eigenvalue weighted by Crippen LogP contribution is 2.18. The summed E-state index contributed by atoms with van der Waals surface area (Å²) in [5.41, 5.74) is 0. The van der Waals surface area contributed by atoms with Crippen LogP contribution in [-0.4, -0.2) is 21.6 Å². The minimum Gasteiger partial charge on any atom is -0.481 e. The Labute approximate surface area is 84.6 Å². The molecule has 4 heteroatoms. The smallest absolute Gasteiger partial charge is 0.303 e. The van der Waals surface area contributed by atoms with E-state index >= 15 is 0 Å². The molecular formula is C8H16O2S2. The molecule has 0 aromatic rings. The summed E-state index contributed by atoms with van der Waals surface area (Å²) < 4.78 is 0. The lowest BCUT2D eigenvalue weighted by molar-refractivity contribution is -0.137. The normalized spacial score (nSPS) is 15.6. The van der Waals surface area contributed by atoms with E-state index in [0.29, 0.717) is 6.42 Å². The van der Waals surface area contributed by atoms with Crippen LogP contribution in [0.25, 0.3) is 0 Å². The maximum absolute atomic E-state index is 10.2. The SMILES string of the molecule is CCC(S)C(S)CCCC(=O)O. The van der Waals surface area contributed by atoms with Gasteiger partial charge in [-0.1, -0.05) is 6.92 Å². The van der Waals surface area contributed by atoms with Crippen molar-refractivity contribution in [1.82, 2.24) is 0 Å². The number of carbonyl (C=O) groups is 1. The van der Waals surface area contributed by atoms with Crippen LogP contribution in [0.15, 0.2) is 0 Å². The Hall–Kier alpha value is 0.170. The highest BCUT2D eigenvalue weighted by atomic mass is 32.1. The molecule has 2 unspecified atom stereocenters. The first-order chi connectivity index (χ1) is 5.57. The zero-order valence-corrected chi connectivity index (χ0v) is 9.02. The molecule has 0 saturated heterocycles. The predicted octanol–water partition coefficient (Wildman–Crippen LogP) is 2.25. The Morgan fingerprint density at radius 2 is 2.00 bits per heavy atom. The second-order valence-electron chi connectivity index (χ2n) is 2.83. The van der Waals surface area contributed by atoms with Crippen molar-refractivity contribution >= 4 is 31.2 Å². The van der Waals surface area contributed by atoms with Gasteiger partial charge in [0.15, 0.2) is 0 Å². The van der Waals surface area contributed by atoms with E-state index in [2.05, 4.69) is 32.2 Å². The average molecular weight is 208 g/mol. The zero-order chi connectivity index (χ0) is 9.56. The molecule has 0 aromatic carbocycles. The Morgan fingerprint density at radius 3 is 2.42 bits per heavy atom. The summed E-state index contributed by atoms with van der Waals surface area (Å²) in [6.07, 6.45) is 2.74. The lowest BCUT2D eigenvalue weighted by Gasteiger charge is -2.15. The van der Waals surface area contributed by atoms with Crippen LogP contribution in [0.4, 0.5) is 0 Å². The molecule has 0 amide bonds. The number of thiol groups is 2. The summed E-state index contributed by atoms with van der Waals surface area (Å²) in [4.78, 5) is 10.2. The number of aliphatic carboxylic acids is 1. The number of carboxylic acid groups (broad SMARTS) is 1. The van der Waals surface area contributed by atoms with Crippen molar-refractivity contribution in [2.24, 2.45) is 0 Å². The molecule has 0 spiro atoms.